The fourth-order valence-corrected chi connectivity index (χ4v) is 2.33. The van der Waals surface area contributed by atoms with Crippen LogP contribution in [0, 0.1) is 0 Å². The number of para-hydroxylation sites is 1. The van der Waals surface area contributed by atoms with Crippen LogP contribution in [0.1, 0.15) is 21.0 Å². The normalized spacial score (nSPS) is 10.4. The first-order chi connectivity index (χ1) is 12.0. The number of aromatic amines is 1. The molecule has 0 unspecified atom stereocenters. The van der Waals surface area contributed by atoms with Gasteiger partial charge in [0.15, 0.2) is 0 Å². The minimum atomic E-state index is -1.22. The van der Waals surface area contributed by atoms with Crippen molar-refractivity contribution in [1.82, 2.24) is 14.8 Å². The topological polar surface area (TPSA) is 117 Å². The van der Waals surface area contributed by atoms with E-state index in [0.29, 0.717) is 5.69 Å². The van der Waals surface area contributed by atoms with E-state index in [1.165, 1.54) is 18.2 Å². The van der Waals surface area contributed by atoms with Crippen molar-refractivity contribution in [2.75, 3.05) is 5.32 Å². The van der Waals surface area contributed by atoms with E-state index in [-0.39, 0.29) is 22.1 Å². The lowest BCUT2D eigenvalue weighted by molar-refractivity contribution is 0.0696. The van der Waals surface area contributed by atoms with Gasteiger partial charge in [0.1, 0.15) is 0 Å². The van der Waals surface area contributed by atoms with Gasteiger partial charge in [-0.25, -0.2) is 9.59 Å². The third-order valence-electron chi connectivity index (χ3n) is 3.29. The van der Waals surface area contributed by atoms with Crippen molar-refractivity contribution < 1.29 is 14.7 Å². The summed E-state index contributed by atoms with van der Waals surface area (Å²) in [4.78, 5) is 37.6. The Kier molecular flexibility index (Phi) is 4.36. The maximum atomic E-state index is 12.2. The molecule has 126 valence electrons. The van der Waals surface area contributed by atoms with E-state index in [1.54, 1.807) is 30.3 Å². The number of carbonyl (C=O) groups is 2. The Labute approximate surface area is 145 Å². The number of aromatic nitrogens is 3. The average Bonchev–Trinajstić information content (AvgIpc) is 2.99. The molecule has 0 fully saturated rings. The van der Waals surface area contributed by atoms with Gasteiger partial charge in [-0.3, -0.25) is 9.78 Å². The van der Waals surface area contributed by atoms with Gasteiger partial charge >= 0.3 is 11.7 Å². The molecule has 3 rings (SSSR count). The lowest BCUT2D eigenvalue weighted by Gasteiger charge is -2.05. The smallest absolute Gasteiger partial charge is 0.348 e. The van der Waals surface area contributed by atoms with Crippen molar-refractivity contribution >= 4 is 29.2 Å². The van der Waals surface area contributed by atoms with Crippen LogP contribution in [0.2, 0.25) is 5.02 Å². The van der Waals surface area contributed by atoms with Crippen LogP contribution in [0.4, 0.5) is 5.69 Å². The second-order valence-electron chi connectivity index (χ2n) is 4.98. The Morgan fingerprint density at radius 1 is 1.16 bits per heavy atom. The number of nitrogens with zero attached hydrogens (tertiary/aromatic N) is 2. The number of carbonyl (C=O) groups excluding carboxylic acids is 1. The van der Waals surface area contributed by atoms with E-state index in [9.17, 15) is 14.4 Å². The summed E-state index contributed by atoms with van der Waals surface area (Å²) in [5.41, 5.74) is -0.00850. The molecule has 0 aliphatic heterocycles. The van der Waals surface area contributed by atoms with Gasteiger partial charge in [0.25, 0.3) is 5.91 Å². The molecule has 0 aliphatic rings. The van der Waals surface area contributed by atoms with Crippen LogP contribution < -0.4 is 11.0 Å². The van der Waals surface area contributed by atoms with Crippen molar-refractivity contribution in [3.8, 4) is 5.69 Å². The van der Waals surface area contributed by atoms with Crippen LogP contribution in [0.15, 0.2) is 53.3 Å². The molecule has 0 bridgehead atoms. The van der Waals surface area contributed by atoms with Crippen molar-refractivity contribution in [2.45, 2.75) is 0 Å². The molecule has 0 aliphatic carbocycles. The molecule has 25 heavy (non-hydrogen) atoms. The average molecular weight is 359 g/mol. The quantitative estimate of drug-likeness (QED) is 0.660. The predicted octanol–water partition coefficient (Wildman–Crippen LogP) is 2.16. The summed E-state index contributed by atoms with van der Waals surface area (Å²) in [6, 6.07) is 12.6. The van der Waals surface area contributed by atoms with Gasteiger partial charge in [0, 0.05) is 5.69 Å². The molecule has 0 saturated heterocycles. The first-order valence-corrected chi connectivity index (χ1v) is 7.42. The monoisotopic (exact) mass is 358 g/mol. The second-order valence-corrected chi connectivity index (χ2v) is 5.39. The number of anilines is 1. The van der Waals surface area contributed by atoms with Crippen molar-refractivity contribution in [3.63, 3.8) is 0 Å². The van der Waals surface area contributed by atoms with Crippen molar-refractivity contribution in [2.24, 2.45) is 0 Å². The van der Waals surface area contributed by atoms with Gasteiger partial charge in [0.05, 0.1) is 16.3 Å². The summed E-state index contributed by atoms with van der Waals surface area (Å²) < 4.78 is 1.06. The van der Waals surface area contributed by atoms with Crippen molar-refractivity contribution in [3.05, 3.63) is 75.4 Å². The summed E-state index contributed by atoms with van der Waals surface area (Å²) in [7, 11) is 0. The standard InChI is InChI=1S/C16H11ClN4O4/c17-12-7-6-9(8-11(12)15(23)24)18-14(22)13-19-16(25)21(20-13)10-4-2-1-3-5-10/h1-8H,(H,18,22)(H,23,24)(H,19,20,25). The molecule has 0 saturated carbocycles. The SMILES string of the molecule is O=C(Nc1ccc(Cl)c(C(=O)O)c1)c1nn(-c2ccccc2)c(=O)[nH]1. The van der Waals surface area contributed by atoms with Crippen LogP contribution in [0.5, 0.6) is 0 Å². The zero-order valence-corrected chi connectivity index (χ0v) is 13.3. The number of carboxylic acids is 1. The van der Waals surface area contributed by atoms with E-state index in [0.717, 1.165) is 4.68 Å². The highest BCUT2D eigenvalue weighted by Gasteiger charge is 2.16. The molecule has 1 heterocycles. The fraction of sp³-hybridized carbons (Fsp3) is 0. The molecule has 3 aromatic rings. The first-order valence-electron chi connectivity index (χ1n) is 7.04. The Morgan fingerprint density at radius 2 is 1.88 bits per heavy atom. The lowest BCUT2D eigenvalue weighted by Crippen LogP contribution is -2.16. The van der Waals surface area contributed by atoms with Gasteiger partial charge < -0.3 is 10.4 Å². The maximum absolute atomic E-state index is 12.2. The van der Waals surface area contributed by atoms with Crippen LogP contribution in [0.25, 0.3) is 5.69 Å². The number of hydrogen-bond donors (Lipinski definition) is 3. The number of rotatable bonds is 4. The van der Waals surface area contributed by atoms with Crippen LogP contribution >= 0.6 is 11.6 Å². The van der Waals surface area contributed by atoms with Gasteiger partial charge in [-0.1, -0.05) is 29.8 Å². The Balaban J connectivity index is 1.87. The van der Waals surface area contributed by atoms with Gasteiger partial charge in [0.2, 0.25) is 5.82 Å². The third-order valence-corrected chi connectivity index (χ3v) is 3.62. The summed E-state index contributed by atoms with van der Waals surface area (Å²) in [6.45, 7) is 0. The van der Waals surface area contributed by atoms with E-state index in [4.69, 9.17) is 16.7 Å². The van der Waals surface area contributed by atoms with E-state index >= 15 is 0 Å². The Morgan fingerprint density at radius 3 is 2.56 bits per heavy atom. The van der Waals surface area contributed by atoms with Gasteiger partial charge in [-0.15, -0.1) is 5.10 Å². The molecular formula is C16H11ClN4O4. The number of H-pyrrole nitrogens is 1. The fourth-order valence-electron chi connectivity index (χ4n) is 2.13. The Hall–Kier alpha value is -3.39. The van der Waals surface area contributed by atoms with Crippen LogP contribution in [-0.2, 0) is 0 Å². The lowest BCUT2D eigenvalue weighted by atomic mass is 10.2. The molecule has 1 aromatic heterocycles. The zero-order chi connectivity index (χ0) is 18.0. The Bertz CT molecular complexity index is 1010. The minimum Gasteiger partial charge on any atom is -0.478 e. The predicted molar refractivity (Wildman–Crippen MR) is 90.5 cm³/mol. The minimum absolute atomic E-state index is 0.0484. The maximum Gasteiger partial charge on any atom is 0.348 e. The molecule has 8 nitrogen and oxygen atoms in total. The number of nitrogens with one attached hydrogen (secondary N) is 2. The van der Waals surface area contributed by atoms with E-state index < -0.39 is 17.6 Å². The summed E-state index contributed by atoms with van der Waals surface area (Å²) >= 11 is 5.78. The van der Waals surface area contributed by atoms with Crippen LogP contribution in [-0.4, -0.2) is 31.7 Å². The first kappa shape index (κ1) is 16.5. The molecule has 0 atom stereocenters. The zero-order valence-electron chi connectivity index (χ0n) is 12.6. The third kappa shape index (κ3) is 3.43. The number of halogens is 1. The summed E-state index contributed by atoms with van der Waals surface area (Å²) in [6.07, 6.45) is 0. The summed E-state index contributed by atoms with van der Waals surface area (Å²) in [5.74, 6) is -2.12. The number of aromatic carboxylic acids is 1. The number of amides is 1. The van der Waals surface area contributed by atoms with E-state index in [1.807, 2.05) is 0 Å². The largest absolute Gasteiger partial charge is 0.478 e. The van der Waals surface area contributed by atoms with Crippen molar-refractivity contribution in [1.29, 1.82) is 0 Å². The molecular weight excluding hydrogens is 348 g/mol. The number of carboxylic acid groups (broad SMARTS) is 1. The van der Waals surface area contributed by atoms with Gasteiger partial charge in [-0.2, -0.15) is 4.68 Å². The highest BCUT2D eigenvalue weighted by Crippen LogP contribution is 2.20. The molecule has 1 amide bonds. The molecule has 3 N–H and O–H groups in total. The second kappa shape index (κ2) is 6.62. The van der Waals surface area contributed by atoms with Gasteiger partial charge in [-0.05, 0) is 30.3 Å². The highest BCUT2D eigenvalue weighted by atomic mass is 35.5. The number of benzene rings is 2. The van der Waals surface area contributed by atoms with E-state index in [2.05, 4.69) is 15.4 Å². The molecule has 0 spiro atoms. The molecule has 0 radical (unpaired) electrons. The van der Waals surface area contributed by atoms with Crippen LogP contribution in [0.3, 0.4) is 0 Å². The molecule has 2 aromatic carbocycles. The molecule has 9 heteroatoms. The number of hydrogen-bond acceptors (Lipinski definition) is 4. The summed E-state index contributed by atoms with van der Waals surface area (Å²) in [5, 5.41) is 15.5. The highest BCUT2D eigenvalue weighted by molar-refractivity contribution is 6.33.